The molecule has 2 N–H and O–H groups in total. The van der Waals surface area contributed by atoms with Crippen LogP contribution in [0.2, 0.25) is 0 Å². The lowest BCUT2D eigenvalue weighted by Crippen LogP contribution is -2.29. The van der Waals surface area contributed by atoms with Crippen molar-refractivity contribution >= 4 is 21.6 Å². The van der Waals surface area contributed by atoms with Crippen molar-refractivity contribution in [2.75, 3.05) is 11.6 Å². The van der Waals surface area contributed by atoms with Crippen molar-refractivity contribution in [2.24, 2.45) is 5.84 Å². The molecule has 0 aliphatic rings. The average molecular weight is 321 g/mol. The minimum absolute atomic E-state index is 0.668. The van der Waals surface area contributed by atoms with Gasteiger partial charge in [-0.3, -0.25) is 0 Å². The zero-order valence-corrected chi connectivity index (χ0v) is 12.4. The number of nitrogens with two attached hydrogens (primary N) is 1. The quantitative estimate of drug-likeness (QED) is 0.674. The molecule has 0 unspecified atom stereocenters. The summed E-state index contributed by atoms with van der Waals surface area (Å²) in [5.74, 6) is 6.93. The molecule has 3 nitrogen and oxygen atoms in total. The molecule has 0 heterocycles. The first-order valence-electron chi connectivity index (χ1n) is 6.18. The molecule has 19 heavy (non-hydrogen) atoms. The number of rotatable bonds is 5. The minimum atomic E-state index is 0.668. The smallest absolute Gasteiger partial charge is 0.119 e. The van der Waals surface area contributed by atoms with Crippen LogP contribution in [0.1, 0.15) is 12.5 Å². The van der Waals surface area contributed by atoms with Crippen LogP contribution in [0.3, 0.4) is 0 Å². The van der Waals surface area contributed by atoms with Crippen LogP contribution >= 0.6 is 15.9 Å². The summed E-state index contributed by atoms with van der Waals surface area (Å²) in [4.78, 5) is 0. The Hall–Kier alpha value is -1.52. The molecule has 2 aromatic carbocycles. The van der Waals surface area contributed by atoms with Crippen LogP contribution in [-0.2, 0) is 6.54 Å². The van der Waals surface area contributed by atoms with Gasteiger partial charge in [-0.2, -0.15) is 0 Å². The van der Waals surface area contributed by atoms with Gasteiger partial charge in [0, 0.05) is 4.47 Å². The zero-order valence-electron chi connectivity index (χ0n) is 10.8. The lowest BCUT2D eigenvalue weighted by Gasteiger charge is -2.19. The molecular formula is C15H17BrN2O. The third-order valence-corrected chi connectivity index (χ3v) is 3.27. The van der Waals surface area contributed by atoms with E-state index in [4.69, 9.17) is 10.6 Å². The molecule has 0 aromatic heterocycles. The fourth-order valence-corrected chi connectivity index (χ4v) is 2.04. The molecular weight excluding hydrogens is 304 g/mol. The number of benzene rings is 2. The third kappa shape index (κ3) is 3.98. The maximum Gasteiger partial charge on any atom is 0.119 e. The molecule has 100 valence electrons. The van der Waals surface area contributed by atoms with E-state index in [1.54, 1.807) is 5.01 Å². The topological polar surface area (TPSA) is 38.5 Å². The molecule has 0 aliphatic carbocycles. The van der Waals surface area contributed by atoms with E-state index in [9.17, 15) is 0 Å². The summed E-state index contributed by atoms with van der Waals surface area (Å²) in [6.07, 6.45) is 0. The van der Waals surface area contributed by atoms with Crippen molar-refractivity contribution < 1.29 is 4.74 Å². The van der Waals surface area contributed by atoms with E-state index in [2.05, 4.69) is 28.1 Å². The van der Waals surface area contributed by atoms with Gasteiger partial charge in [-0.1, -0.05) is 28.1 Å². The van der Waals surface area contributed by atoms with Gasteiger partial charge in [-0.15, -0.1) is 0 Å². The summed E-state index contributed by atoms with van der Waals surface area (Å²) in [6.45, 7) is 3.31. The maximum atomic E-state index is 6.07. The van der Waals surface area contributed by atoms with Crippen molar-refractivity contribution in [3.63, 3.8) is 0 Å². The predicted octanol–water partition coefficient (Wildman–Crippen LogP) is 3.73. The number of nitrogens with zero attached hydrogens (tertiary/aromatic N) is 1. The SMILES string of the molecule is CCOc1ccc(N(N)Cc2ccc(Br)cc2)cc1. The number of anilines is 1. The van der Waals surface area contributed by atoms with Crippen LogP contribution in [0.5, 0.6) is 5.75 Å². The Kier molecular flexibility index (Phi) is 4.82. The lowest BCUT2D eigenvalue weighted by molar-refractivity contribution is 0.340. The second-order valence-corrected chi connectivity index (χ2v) is 5.10. The predicted molar refractivity (Wildman–Crippen MR) is 82.1 cm³/mol. The van der Waals surface area contributed by atoms with Gasteiger partial charge in [0.2, 0.25) is 0 Å². The van der Waals surface area contributed by atoms with E-state index in [0.29, 0.717) is 13.2 Å². The average Bonchev–Trinajstić information content (AvgIpc) is 2.42. The van der Waals surface area contributed by atoms with E-state index in [0.717, 1.165) is 15.9 Å². The molecule has 0 fully saturated rings. The van der Waals surface area contributed by atoms with Gasteiger partial charge in [-0.05, 0) is 48.9 Å². The molecule has 0 aliphatic heterocycles. The summed E-state index contributed by atoms with van der Waals surface area (Å²) in [7, 11) is 0. The highest BCUT2D eigenvalue weighted by Crippen LogP contribution is 2.19. The zero-order chi connectivity index (χ0) is 13.7. The van der Waals surface area contributed by atoms with Crippen LogP contribution in [0.25, 0.3) is 0 Å². The summed E-state index contributed by atoms with van der Waals surface area (Å²) in [5, 5.41) is 1.72. The van der Waals surface area contributed by atoms with Crippen molar-refractivity contribution in [1.29, 1.82) is 0 Å². The maximum absolute atomic E-state index is 6.07. The van der Waals surface area contributed by atoms with E-state index >= 15 is 0 Å². The van der Waals surface area contributed by atoms with Gasteiger partial charge in [0.05, 0.1) is 18.8 Å². The fourth-order valence-electron chi connectivity index (χ4n) is 1.78. The van der Waals surface area contributed by atoms with E-state index in [1.807, 2.05) is 43.3 Å². The molecule has 0 radical (unpaired) electrons. The second-order valence-electron chi connectivity index (χ2n) is 4.18. The minimum Gasteiger partial charge on any atom is -0.494 e. The number of hydrogen-bond acceptors (Lipinski definition) is 3. The Balaban J connectivity index is 2.02. The summed E-state index contributed by atoms with van der Waals surface area (Å²) >= 11 is 3.42. The van der Waals surface area contributed by atoms with E-state index in [-0.39, 0.29) is 0 Å². The monoisotopic (exact) mass is 320 g/mol. The van der Waals surface area contributed by atoms with Gasteiger partial charge in [0.1, 0.15) is 5.75 Å². The van der Waals surface area contributed by atoms with Gasteiger partial charge < -0.3 is 9.75 Å². The number of hydrogen-bond donors (Lipinski definition) is 1. The standard InChI is InChI=1S/C15H17BrN2O/c1-2-19-15-9-7-14(8-10-15)18(17)11-12-3-5-13(16)6-4-12/h3-10H,2,11,17H2,1H3. The molecule has 0 amide bonds. The van der Waals surface area contributed by atoms with Crippen LogP contribution in [0.4, 0.5) is 5.69 Å². The molecule has 2 rings (SSSR count). The van der Waals surface area contributed by atoms with E-state index < -0.39 is 0 Å². The van der Waals surface area contributed by atoms with Crippen LogP contribution in [0.15, 0.2) is 53.0 Å². The van der Waals surface area contributed by atoms with E-state index in [1.165, 1.54) is 5.56 Å². The van der Waals surface area contributed by atoms with Crippen LogP contribution in [-0.4, -0.2) is 6.61 Å². The highest BCUT2D eigenvalue weighted by Gasteiger charge is 2.03. The Morgan fingerprint density at radius 1 is 1.05 bits per heavy atom. The van der Waals surface area contributed by atoms with Crippen molar-refractivity contribution in [2.45, 2.75) is 13.5 Å². The van der Waals surface area contributed by atoms with Gasteiger partial charge >= 0.3 is 0 Å². The van der Waals surface area contributed by atoms with Gasteiger partial charge in [0.25, 0.3) is 0 Å². The van der Waals surface area contributed by atoms with Crippen molar-refractivity contribution in [1.82, 2.24) is 0 Å². The molecule has 0 saturated heterocycles. The summed E-state index contributed by atoms with van der Waals surface area (Å²) in [6, 6.07) is 15.9. The summed E-state index contributed by atoms with van der Waals surface area (Å²) in [5.41, 5.74) is 2.13. The lowest BCUT2D eigenvalue weighted by atomic mass is 10.2. The Morgan fingerprint density at radius 3 is 2.26 bits per heavy atom. The molecule has 4 heteroatoms. The Bertz CT molecular complexity index is 511. The number of halogens is 1. The third-order valence-electron chi connectivity index (χ3n) is 2.75. The summed E-state index contributed by atoms with van der Waals surface area (Å²) < 4.78 is 6.48. The number of hydrazine groups is 1. The molecule has 0 spiro atoms. The Morgan fingerprint density at radius 2 is 1.68 bits per heavy atom. The first kappa shape index (κ1) is 13.9. The Labute approximate surface area is 122 Å². The first-order chi connectivity index (χ1) is 9.19. The molecule has 0 saturated carbocycles. The largest absolute Gasteiger partial charge is 0.494 e. The highest BCUT2D eigenvalue weighted by atomic mass is 79.9. The number of ether oxygens (including phenoxy) is 1. The highest BCUT2D eigenvalue weighted by molar-refractivity contribution is 9.10. The van der Waals surface area contributed by atoms with Gasteiger partial charge in [-0.25, -0.2) is 5.84 Å². The fraction of sp³-hybridized carbons (Fsp3) is 0.200. The molecule has 0 bridgehead atoms. The normalized spacial score (nSPS) is 10.3. The van der Waals surface area contributed by atoms with Crippen LogP contribution < -0.4 is 15.6 Å². The molecule has 2 aromatic rings. The van der Waals surface area contributed by atoms with Crippen molar-refractivity contribution in [3.05, 3.63) is 58.6 Å². The van der Waals surface area contributed by atoms with Crippen LogP contribution in [0, 0.1) is 0 Å². The molecule has 0 atom stereocenters. The first-order valence-corrected chi connectivity index (χ1v) is 6.98. The van der Waals surface area contributed by atoms with Crippen molar-refractivity contribution in [3.8, 4) is 5.75 Å². The second kappa shape index (κ2) is 6.59. The van der Waals surface area contributed by atoms with Gasteiger partial charge in [0.15, 0.2) is 0 Å².